The molecule has 0 unspecified atom stereocenters. The van der Waals surface area contributed by atoms with Crippen molar-refractivity contribution in [3.05, 3.63) is 40.4 Å². The van der Waals surface area contributed by atoms with E-state index in [-0.39, 0.29) is 5.91 Å². The number of hydrogen-bond donors (Lipinski definition) is 1. The highest BCUT2D eigenvalue weighted by Crippen LogP contribution is 2.19. The van der Waals surface area contributed by atoms with Gasteiger partial charge in [-0.25, -0.2) is 4.39 Å². The predicted octanol–water partition coefficient (Wildman–Crippen LogP) is 2.81. The van der Waals surface area contributed by atoms with E-state index in [4.69, 9.17) is 0 Å². The Balaban J connectivity index is 1.68. The van der Waals surface area contributed by atoms with Gasteiger partial charge in [0.2, 0.25) is 0 Å². The minimum absolute atomic E-state index is 0.239. The van der Waals surface area contributed by atoms with Crippen LogP contribution in [-0.4, -0.2) is 45.0 Å². The maximum absolute atomic E-state index is 12.7. The lowest BCUT2D eigenvalue weighted by Gasteiger charge is -2.25. The van der Waals surface area contributed by atoms with Gasteiger partial charge in [0.15, 0.2) is 0 Å². The molecule has 23 heavy (non-hydrogen) atoms. The molecule has 1 saturated heterocycles. The molecule has 2 aromatic rings. The second-order valence-electron chi connectivity index (χ2n) is 5.23. The number of nitrogens with zero attached hydrogens (tertiary/aromatic N) is 3. The average molecular weight is 352 g/mol. The number of benzene rings is 1. The molecule has 1 amide bonds. The SMILES string of the molecule is O=C(Nc1cccc(CF)c1)c1snnc1CN1CCSCC1. The van der Waals surface area contributed by atoms with Crippen LogP contribution in [0.3, 0.4) is 0 Å². The molecule has 1 fully saturated rings. The van der Waals surface area contributed by atoms with Crippen molar-refractivity contribution in [2.75, 3.05) is 29.9 Å². The summed E-state index contributed by atoms with van der Waals surface area (Å²) >= 11 is 3.04. The third-order valence-corrected chi connectivity index (χ3v) is 5.29. The molecule has 0 bridgehead atoms. The molecule has 0 saturated carbocycles. The Hall–Kier alpha value is -1.51. The van der Waals surface area contributed by atoms with E-state index in [1.54, 1.807) is 24.3 Å². The number of amides is 1. The van der Waals surface area contributed by atoms with Crippen molar-refractivity contribution < 1.29 is 9.18 Å². The fourth-order valence-corrected chi connectivity index (χ4v) is 3.92. The van der Waals surface area contributed by atoms with E-state index in [2.05, 4.69) is 19.8 Å². The summed E-state index contributed by atoms with van der Waals surface area (Å²) < 4.78 is 16.6. The van der Waals surface area contributed by atoms with E-state index >= 15 is 0 Å². The average Bonchev–Trinajstić information content (AvgIpc) is 3.04. The van der Waals surface area contributed by atoms with Gasteiger partial charge in [0.1, 0.15) is 17.2 Å². The van der Waals surface area contributed by atoms with Crippen molar-refractivity contribution in [1.82, 2.24) is 14.5 Å². The highest BCUT2D eigenvalue weighted by atomic mass is 32.2. The molecule has 1 aliphatic rings. The second-order valence-corrected chi connectivity index (χ2v) is 7.20. The smallest absolute Gasteiger partial charge is 0.269 e. The van der Waals surface area contributed by atoms with Crippen LogP contribution >= 0.6 is 23.3 Å². The highest BCUT2D eigenvalue weighted by Gasteiger charge is 2.20. The van der Waals surface area contributed by atoms with Gasteiger partial charge in [-0.05, 0) is 29.2 Å². The third kappa shape index (κ3) is 4.27. The van der Waals surface area contributed by atoms with E-state index in [1.165, 1.54) is 0 Å². The quantitative estimate of drug-likeness (QED) is 0.897. The van der Waals surface area contributed by atoms with Crippen molar-refractivity contribution in [3.63, 3.8) is 0 Å². The number of anilines is 1. The van der Waals surface area contributed by atoms with Gasteiger partial charge >= 0.3 is 0 Å². The summed E-state index contributed by atoms with van der Waals surface area (Å²) in [4.78, 5) is 15.2. The lowest BCUT2D eigenvalue weighted by Crippen LogP contribution is -2.32. The number of rotatable bonds is 5. The molecule has 122 valence electrons. The van der Waals surface area contributed by atoms with E-state index in [1.807, 2.05) is 11.8 Å². The number of carbonyl (C=O) groups is 1. The van der Waals surface area contributed by atoms with Gasteiger partial charge in [0.05, 0.1) is 0 Å². The Morgan fingerprint density at radius 3 is 2.96 bits per heavy atom. The van der Waals surface area contributed by atoms with E-state index in [0.29, 0.717) is 28.4 Å². The summed E-state index contributed by atoms with van der Waals surface area (Å²) in [6, 6.07) is 6.78. The zero-order chi connectivity index (χ0) is 16.1. The Morgan fingerprint density at radius 2 is 2.17 bits per heavy atom. The normalized spacial score (nSPS) is 15.5. The molecule has 0 radical (unpaired) electrons. The number of nitrogens with one attached hydrogen (secondary N) is 1. The zero-order valence-electron chi connectivity index (χ0n) is 12.5. The lowest BCUT2D eigenvalue weighted by molar-refractivity contribution is 0.102. The lowest BCUT2D eigenvalue weighted by atomic mass is 10.2. The maximum Gasteiger partial charge on any atom is 0.269 e. The van der Waals surface area contributed by atoms with Gasteiger partial charge in [-0.2, -0.15) is 11.8 Å². The van der Waals surface area contributed by atoms with Crippen LogP contribution in [0.4, 0.5) is 10.1 Å². The second kappa shape index (κ2) is 7.85. The molecule has 0 atom stereocenters. The van der Waals surface area contributed by atoms with Crippen molar-refractivity contribution >= 4 is 34.9 Å². The fraction of sp³-hybridized carbons (Fsp3) is 0.400. The standard InChI is InChI=1S/C15H17FN4OS2/c16-9-11-2-1-3-12(8-11)17-15(21)14-13(18-19-23-14)10-20-4-6-22-7-5-20/h1-3,8H,4-7,9-10H2,(H,17,21). The maximum atomic E-state index is 12.7. The molecule has 1 aliphatic heterocycles. The van der Waals surface area contributed by atoms with Crippen LogP contribution in [0.5, 0.6) is 0 Å². The third-order valence-electron chi connectivity index (χ3n) is 3.58. The Morgan fingerprint density at radius 1 is 1.35 bits per heavy atom. The summed E-state index contributed by atoms with van der Waals surface area (Å²) in [6.45, 7) is 2.10. The minimum Gasteiger partial charge on any atom is -0.321 e. The molecule has 1 aromatic heterocycles. The molecular formula is C15H17FN4OS2. The van der Waals surface area contributed by atoms with Crippen LogP contribution in [0, 0.1) is 0 Å². The van der Waals surface area contributed by atoms with Crippen molar-refractivity contribution in [3.8, 4) is 0 Å². The van der Waals surface area contributed by atoms with Gasteiger partial charge in [-0.3, -0.25) is 9.69 Å². The first-order valence-electron chi connectivity index (χ1n) is 7.34. The Kier molecular flexibility index (Phi) is 5.58. The number of aromatic nitrogens is 2. The Bertz CT molecular complexity index is 673. The molecule has 0 spiro atoms. The van der Waals surface area contributed by atoms with Gasteiger partial charge in [0, 0.05) is 36.8 Å². The van der Waals surface area contributed by atoms with Crippen LogP contribution in [0.15, 0.2) is 24.3 Å². The largest absolute Gasteiger partial charge is 0.321 e. The number of hydrogen-bond acceptors (Lipinski definition) is 6. The molecule has 8 heteroatoms. The van der Waals surface area contributed by atoms with Crippen LogP contribution in [-0.2, 0) is 13.2 Å². The number of halogens is 1. The minimum atomic E-state index is -0.552. The predicted molar refractivity (Wildman–Crippen MR) is 91.7 cm³/mol. The van der Waals surface area contributed by atoms with Gasteiger partial charge in [-0.1, -0.05) is 16.6 Å². The molecule has 1 N–H and O–H groups in total. The molecule has 3 rings (SSSR count). The van der Waals surface area contributed by atoms with Crippen molar-refractivity contribution in [1.29, 1.82) is 0 Å². The summed E-state index contributed by atoms with van der Waals surface area (Å²) in [6.07, 6.45) is 0. The van der Waals surface area contributed by atoms with Crippen LogP contribution in [0.2, 0.25) is 0 Å². The molecular weight excluding hydrogens is 335 g/mol. The van der Waals surface area contributed by atoms with Crippen molar-refractivity contribution in [2.24, 2.45) is 0 Å². The summed E-state index contributed by atoms with van der Waals surface area (Å²) in [7, 11) is 0. The zero-order valence-corrected chi connectivity index (χ0v) is 14.1. The fourth-order valence-electron chi connectivity index (χ4n) is 2.38. The summed E-state index contributed by atoms with van der Waals surface area (Å²) in [5.74, 6) is 1.97. The molecule has 5 nitrogen and oxygen atoms in total. The van der Waals surface area contributed by atoms with Crippen LogP contribution in [0.1, 0.15) is 20.9 Å². The molecule has 1 aromatic carbocycles. The highest BCUT2D eigenvalue weighted by molar-refractivity contribution is 7.99. The molecule has 2 heterocycles. The summed E-state index contributed by atoms with van der Waals surface area (Å²) in [5, 5.41) is 6.90. The number of carbonyl (C=O) groups excluding carboxylic acids is 1. The van der Waals surface area contributed by atoms with Crippen molar-refractivity contribution in [2.45, 2.75) is 13.2 Å². The topological polar surface area (TPSA) is 58.1 Å². The first-order valence-corrected chi connectivity index (χ1v) is 9.26. The number of thioether (sulfide) groups is 1. The molecule has 0 aliphatic carbocycles. The number of alkyl halides is 1. The van der Waals surface area contributed by atoms with E-state index in [9.17, 15) is 9.18 Å². The van der Waals surface area contributed by atoms with Gasteiger partial charge < -0.3 is 5.32 Å². The van der Waals surface area contributed by atoms with Crippen LogP contribution < -0.4 is 5.32 Å². The first-order chi connectivity index (χ1) is 11.3. The first kappa shape index (κ1) is 16.4. The Labute approximate surface area is 142 Å². The van der Waals surface area contributed by atoms with E-state index < -0.39 is 6.67 Å². The van der Waals surface area contributed by atoms with Gasteiger partial charge in [-0.15, -0.1) is 5.10 Å². The summed E-state index contributed by atoms with van der Waals surface area (Å²) in [5.41, 5.74) is 1.83. The van der Waals surface area contributed by atoms with Crippen LogP contribution in [0.25, 0.3) is 0 Å². The van der Waals surface area contributed by atoms with Gasteiger partial charge in [0.25, 0.3) is 5.91 Å². The monoisotopic (exact) mass is 352 g/mol. The van der Waals surface area contributed by atoms with E-state index in [0.717, 1.165) is 36.1 Å².